The van der Waals surface area contributed by atoms with Crippen LogP contribution in [-0.4, -0.2) is 28.2 Å². The van der Waals surface area contributed by atoms with Crippen LogP contribution in [0.1, 0.15) is 54.6 Å². The molecule has 1 heterocycles. The molecule has 1 aliphatic carbocycles. The van der Waals surface area contributed by atoms with Gasteiger partial charge in [0.2, 0.25) is 5.91 Å². The van der Waals surface area contributed by atoms with E-state index in [0.717, 1.165) is 55.6 Å². The van der Waals surface area contributed by atoms with Gasteiger partial charge in [-0.3, -0.25) is 9.89 Å². The quantitative estimate of drug-likeness (QED) is 0.662. The van der Waals surface area contributed by atoms with E-state index in [-0.39, 0.29) is 5.91 Å². The lowest BCUT2D eigenvalue weighted by molar-refractivity contribution is -0.125. The molecule has 0 saturated heterocycles. The molecule has 3 N–H and O–H groups in total. The van der Waals surface area contributed by atoms with Crippen molar-refractivity contribution in [2.75, 3.05) is 11.9 Å². The van der Waals surface area contributed by atoms with Gasteiger partial charge in [0, 0.05) is 17.9 Å². The fraction of sp³-hybridized carbons (Fsp3) is 0.524. The molecule has 3 rings (SSSR count). The molecule has 1 aromatic heterocycles. The second-order valence-electron chi connectivity index (χ2n) is 7.55. The molecule has 26 heavy (non-hydrogen) atoms. The molecule has 0 spiro atoms. The molecular weight excluding hydrogens is 324 g/mol. The van der Waals surface area contributed by atoms with Gasteiger partial charge >= 0.3 is 0 Å². The van der Waals surface area contributed by atoms with Crippen molar-refractivity contribution in [3.05, 3.63) is 46.8 Å². The van der Waals surface area contributed by atoms with Crippen LogP contribution in [0, 0.1) is 20.8 Å². The van der Waals surface area contributed by atoms with Crippen molar-refractivity contribution in [2.24, 2.45) is 0 Å². The predicted molar refractivity (Wildman–Crippen MR) is 105 cm³/mol. The minimum absolute atomic E-state index is 0.135. The fourth-order valence-corrected chi connectivity index (χ4v) is 3.88. The van der Waals surface area contributed by atoms with Gasteiger partial charge in [0.25, 0.3) is 0 Å². The van der Waals surface area contributed by atoms with Crippen LogP contribution in [0.15, 0.2) is 24.3 Å². The van der Waals surface area contributed by atoms with Crippen molar-refractivity contribution >= 4 is 11.6 Å². The number of aryl methyl sites for hydroxylation is 3. The lowest BCUT2D eigenvalue weighted by Gasteiger charge is -2.30. The summed E-state index contributed by atoms with van der Waals surface area (Å²) < 4.78 is 0. The Hall–Kier alpha value is -2.30. The van der Waals surface area contributed by atoms with Crippen LogP contribution in [0.5, 0.6) is 0 Å². The van der Waals surface area contributed by atoms with Crippen molar-refractivity contribution in [1.82, 2.24) is 15.5 Å². The third-order valence-electron chi connectivity index (χ3n) is 5.50. The summed E-state index contributed by atoms with van der Waals surface area (Å²) in [6.07, 6.45) is 5.85. The number of nitrogens with zero attached hydrogens (tertiary/aromatic N) is 1. The second kappa shape index (κ2) is 7.94. The highest BCUT2D eigenvalue weighted by molar-refractivity contribution is 5.89. The number of hydrogen-bond donors (Lipinski definition) is 3. The first-order valence-corrected chi connectivity index (χ1v) is 9.64. The summed E-state index contributed by atoms with van der Waals surface area (Å²) in [4.78, 5) is 12.9. The summed E-state index contributed by atoms with van der Waals surface area (Å²) >= 11 is 0. The van der Waals surface area contributed by atoms with E-state index in [9.17, 15) is 4.79 Å². The number of rotatable bonds is 7. The van der Waals surface area contributed by atoms with Crippen molar-refractivity contribution in [3.8, 4) is 0 Å². The molecule has 1 aromatic carbocycles. The second-order valence-corrected chi connectivity index (χ2v) is 7.55. The maximum atomic E-state index is 12.9. The number of aromatic amines is 1. The van der Waals surface area contributed by atoms with Gasteiger partial charge in [0.1, 0.15) is 5.54 Å². The standard InChI is InChI=1S/C21H30N4O/c1-15-8-10-18(11-9-15)23-21(12-4-5-13-21)20(26)22-14-6-7-19-16(2)24-25-17(19)3/h8-11,23H,4-7,12-14H2,1-3H3,(H,22,26)(H,24,25). The van der Waals surface area contributed by atoms with Gasteiger partial charge in [-0.05, 0) is 64.2 Å². The van der Waals surface area contributed by atoms with Crippen LogP contribution in [-0.2, 0) is 11.2 Å². The lowest BCUT2D eigenvalue weighted by Crippen LogP contribution is -2.50. The number of nitrogens with one attached hydrogen (secondary N) is 3. The van der Waals surface area contributed by atoms with E-state index in [1.54, 1.807) is 0 Å². The Bertz CT molecular complexity index is 722. The highest BCUT2D eigenvalue weighted by Gasteiger charge is 2.40. The van der Waals surface area contributed by atoms with Gasteiger partial charge in [0.15, 0.2) is 0 Å². The minimum Gasteiger partial charge on any atom is -0.371 e. The Labute approximate surface area is 156 Å². The number of carbonyl (C=O) groups is 1. The van der Waals surface area contributed by atoms with E-state index in [1.165, 1.54) is 11.1 Å². The molecule has 5 nitrogen and oxygen atoms in total. The zero-order chi connectivity index (χ0) is 18.6. The van der Waals surface area contributed by atoms with Crippen molar-refractivity contribution < 1.29 is 4.79 Å². The smallest absolute Gasteiger partial charge is 0.245 e. The average Bonchev–Trinajstić information content (AvgIpc) is 3.22. The normalized spacial score (nSPS) is 15.8. The van der Waals surface area contributed by atoms with Crippen LogP contribution in [0.4, 0.5) is 5.69 Å². The Balaban J connectivity index is 1.56. The van der Waals surface area contributed by atoms with E-state index < -0.39 is 5.54 Å². The maximum absolute atomic E-state index is 12.9. The zero-order valence-corrected chi connectivity index (χ0v) is 16.1. The Morgan fingerprint density at radius 2 is 1.85 bits per heavy atom. The number of anilines is 1. The van der Waals surface area contributed by atoms with Crippen LogP contribution in [0.2, 0.25) is 0 Å². The summed E-state index contributed by atoms with van der Waals surface area (Å²) in [7, 11) is 0. The molecule has 0 atom stereocenters. The molecule has 0 unspecified atom stereocenters. The number of amides is 1. The van der Waals surface area contributed by atoms with Gasteiger partial charge in [-0.2, -0.15) is 5.10 Å². The lowest BCUT2D eigenvalue weighted by atomic mass is 9.95. The Kier molecular flexibility index (Phi) is 5.64. The zero-order valence-electron chi connectivity index (χ0n) is 16.1. The van der Waals surface area contributed by atoms with E-state index in [2.05, 4.69) is 52.0 Å². The number of carbonyl (C=O) groups excluding carboxylic acids is 1. The van der Waals surface area contributed by atoms with E-state index in [0.29, 0.717) is 6.54 Å². The summed E-state index contributed by atoms with van der Waals surface area (Å²) in [6.45, 7) is 6.84. The van der Waals surface area contributed by atoms with Crippen LogP contribution < -0.4 is 10.6 Å². The van der Waals surface area contributed by atoms with Gasteiger partial charge in [0.05, 0.1) is 5.69 Å². The van der Waals surface area contributed by atoms with Gasteiger partial charge in [-0.25, -0.2) is 0 Å². The minimum atomic E-state index is -0.462. The highest BCUT2D eigenvalue weighted by Crippen LogP contribution is 2.33. The van der Waals surface area contributed by atoms with Gasteiger partial charge in [-0.1, -0.05) is 30.5 Å². The molecule has 1 aliphatic rings. The first-order chi connectivity index (χ1) is 12.5. The third kappa shape index (κ3) is 4.09. The molecule has 1 saturated carbocycles. The summed E-state index contributed by atoms with van der Waals surface area (Å²) in [5, 5.41) is 13.9. The molecular formula is C21H30N4O. The van der Waals surface area contributed by atoms with Gasteiger partial charge in [-0.15, -0.1) is 0 Å². The summed E-state index contributed by atoms with van der Waals surface area (Å²) in [5.74, 6) is 0.135. The first-order valence-electron chi connectivity index (χ1n) is 9.64. The molecule has 140 valence electrons. The Morgan fingerprint density at radius 1 is 1.15 bits per heavy atom. The van der Waals surface area contributed by atoms with Crippen LogP contribution >= 0.6 is 0 Å². The number of hydrogen-bond acceptors (Lipinski definition) is 3. The summed E-state index contributed by atoms with van der Waals surface area (Å²) in [6, 6.07) is 8.29. The first kappa shape index (κ1) is 18.5. The largest absolute Gasteiger partial charge is 0.371 e. The topological polar surface area (TPSA) is 69.8 Å². The monoisotopic (exact) mass is 354 g/mol. The highest BCUT2D eigenvalue weighted by atomic mass is 16.2. The SMILES string of the molecule is Cc1ccc(NC2(C(=O)NCCCc3c(C)n[nH]c3C)CCCC2)cc1. The molecule has 0 radical (unpaired) electrons. The molecule has 1 fully saturated rings. The van der Waals surface area contributed by atoms with Crippen LogP contribution in [0.3, 0.4) is 0 Å². The third-order valence-corrected chi connectivity index (χ3v) is 5.50. The van der Waals surface area contributed by atoms with E-state index in [4.69, 9.17) is 0 Å². The van der Waals surface area contributed by atoms with Crippen molar-refractivity contribution in [2.45, 2.75) is 64.8 Å². The molecule has 1 amide bonds. The van der Waals surface area contributed by atoms with Crippen molar-refractivity contribution in [1.29, 1.82) is 0 Å². The maximum Gasteiger partial charge on any atom is 0.245 e. The van der Waals surface area contributed by atoms with E-state index in [1.807, 2.05) is 13.8 Å². The number of benzene rings is 1. The molecule has 5 heteroatoms. The summed E-state index contributed by atoms with van der Waals surface area (Å²) in [5.41, 5.74) is 5.25. The van der Waals surface area contributed by atoms with Crippen LogP contribution in [0.25, 0.3) is 0 Å². The predicted octanol–water partition coefficient (Wildman–Crippen LogP) is 3.81. The fourth-order valence-electron chi connectivity index (χ4n) is 3.88. The molecule has 0 bridgehead atoms. The molecule has 2 aromatic rings. The molecule has 0 aliphatic heterocycles. The number of aromatic nitrogens is 2. The van der Waals surface area contributed by atoms with Crippen molar-refractivity contribution in [3.63, 3.8) is 0 Å². The van der Waals surface area contributed by atoms with Gasteiger partial charge < -0.3 is 10.6 Å². The Morgan fingerprint density at radius 3 is 2.46 bits per heavy atom. The van der Waals surface area contributed by atoms with E-state index >= 15 is 0 Å². The average molecular weight is 354 g/mol. The number of H-pyrrole nitrogens is 1.